The van der Waals surface area contributed by atoms with Gasteiger partial charge in [0.05, 0.1) is 5.56 Å². The molecule has 2 nitrogen and oxygen atoms in total. The Morgan fingerprint density at radius 1 is 1.00 bits per heavy atom. The lowest BCUT2D eigenvalue weighted by Crippen LogP contribution is -2.36. The third kappa shape index (κ3) is 3.62. The maximum absolute atomic E-state index is 12.8. The number of halogens is 3. The van der Waals surface area contributed by atoms with Crippen LogP contribution in [-0.4, -0.2) is 23.8 Å². The highest BCUT2D eigenvalue weighted by Crippen LogP contribution is 2.30. The van der Waals surface area contributed by atoms with Crippen LogP contribution in [0.25, 0.3) is 0 Å². The number of hydrogen-bond acceptors (Lipinski definition) is 2. The molecule has 0 aromatic heterocycles. The molecule has 0 saturated carbocycles. The second-order valence-electron chi connectivity index (χ2n) is 5.74. The molecule has 0 unspecified atom stereocenters. The first-order chi connectivity index (χ1) is 10.9. The maximum atomic E-state index is 12.8. The number of ketones is 1. The minimum Gasteiger partial charge on any atom is -0.299 e. The summed E-state index contributed by atoms with van der Waals surface area (Å²) in [5, 5.41) is 0. The van der Waals surface area contributed by atoms with Gasteiger partial charge in [0.15, 0.2) is 5.78 Å². The van der Waals surface area contributed by atoms with E-state index in [1.165, 1.54) is 18.6 Å². The van der Waals surface area contributed by atoms with Gasteiger partial charge in [-0.3, -0.25) is 9.69 Å². The highest BCUT2D eigenvalue weighted by atomic mass is 19.4. The fourth-order valence-electron chi connectivity index (χ4n) is 2.61. The van der Waals surface area contributed by atoms with E-state index in [-0.39, 0.29) is 11.3 Å². The van der Waals surface area contributed by atoms with E-state index in [4.69, 9.17) is 0 Å². The fraction of sp³-hybridized carbons (Fsp3) is 0.278. The third-order valence-electron chi connectivity index (χ3n) is 4.00. The third-order valence-corrected chi connectivity index (χ3v) is 4.00. The SMILES string of the molecule is O=C(c1cccc(CN2CCC2)c1)c1cccc(C(F)(F)F)c1. The van der Waals surface area contributed by atoms with E-state index >= 15 is 0 Å². The summed E-state index contributed by atoms with van der Waals surface area (Å²) >= 11 is 0. The number of nitrogens with zero attached hydrogens (tertiary/aromatic N) is 1. The summed E-state index contributed by atoms with van der Waals surface area (Å²) in [6, 6.07) is 11.7. The van der Waals surface area contributed by atoms with Crippen molar-refractivity contribution in [1.82, 2.24) is 4.90 Å². The molecule has 0 spiro atoms. The van der Waals surface area contributed by atoms with Crippen molar-refractivity contribution >= 4 is 5.78 Å². The van der Waals surface area contributed by atoms with Crippen LogP contribution in [0.1, 0.15) is 33.5 Å². The van der Waals surface area contributed by atoms with Gasteiger partial charge in [0, 0.05) is 17.7 Å². The van der Waals surface area contributed by atoms with E-state index in [0.717, 1.165) is 37.3 Å². The molecule has 2 aromatic rings. The van der Waals surface area contributed by atoms with Crippen molar-refractivity contribution in [2.45, 2.75) is 19.1 Å². The Balaban J connectivity index is 1.83. The molecule has 120 valence electrons. The molecule has 0 N–H and O–H groups in total. The molecule has 0 bridgehead atoms. The van der Waals surface area contributed by atoms with Gasteiger partial charge in [-0.2, -0.15) is 13.2 Å². The Morgan fingerprint density at radius 3 is 2.26 bits per heavy atom. The normalized spacial score (nSPS) is 15.3. The van der Waals surface area contributed by atoms with E-state index in [1.54, 1.807) is 18.2 Å². The molecule has 1 heterocycles. The van der Waals surface area contributed by atoms with Crippen LogP contribution in [0.2, 0.25) is 0 Å². The van der Waals surface area contributed by atoms with Gasteiger partial charge in [0.2, 0.25) is 0 Å². The van der Waals surface area contributed by atoms with Crippen molar-refractivity contribution in [3.63, 3.8) is 0 Å². The highest BCUT2D eigenvalue weighted by Gasteiger charge is 2.31. The summed E-state index contributed by atoms with van der Waals surface area (Å²) in [7, 11) is 0. The van der Waals surface area contributed by atoms with Crippen LogP contribution in [0.5, 0.6) is 0 Å². The first-order valence-corrected chi connectivity index (χ1v) is 7.47. The Bertz CT molecular complexity index is 720. The average molecular weight is 319 g/mol. The molecule has 0 amide bonds. The van der Waals surface area contributed by atoms with Crippen LogP contribution < -0.4 is 0 Å². The second kappa shape index (κ2) is 6.16. The topological polar surface area (TPSA) is 20.3 Å². The van der Waals surface area contributed by atoms with E-state index < -0.39 is 11.7 Å². The predicted molar refractivity (Wildman–Crippen MR) is 81.2 cm³/mol. The number of hydrogen-bond donors (Lipinski definition) is 0. The summed E-state index contributed by atoms with van der Waals surface area (Å²) < 4.78 is 38.3. The monoisotopic (exact) mass is 319 g/mol. The van der Waals surface area contributed by atoms with E-state index in [0.29, 0.717) is 5.56 Å². The van der Waals surface area contributed by atoms with Crippen molar-refractivity contribution in [3.8, 4) is 0 Å². The first-order valence-electron chi connectivity index (χ1n) is 7.47. The van der Waals surface area contributed by atoms with Crippen LogP contribution in [0.15, 0.2) is 48.5 Å². The minimum absolute atomic E-state index is 0.0564. The predicted octanol–water partition coefficient (Wildman–Crippen LogP) is 4.14. The van der Waals surface area contributed by atoms with Crippen molar-refractivity contribution in [3.05, 3.63) is 70.8 Å². The Kier molecular flexibility index (Phi) is 4.22. The number of rotatable bonds is 4. The molecule has 3 rings (SSSR count). The number of benzene rings is 2. The lowest BCUT2D eigenvalue weighted by atomic mass is 9.99. The number of likely N-dealkylation sites (tertiary alicyclic amines) is 1. The van der Waals surface area contributed by atoms with Gasteiger partial charge in [0.25, 0.3) is 0 Å². The molecule has 1 saturated heterocycles. The summed E-state index contributed by atoms with van der Waals surface area (Å²) in [6.07, 6.45) is -3.27. The molecule has 1 aliphatic heterocycles. The fourth-order valence-corrected chi connectivity index (χ4v) is 2.61. The zero-order valence-electron chi connectivity index (χ0n) is 12.4. The standard InChI is InChI=1S/C18H16F3NO/c19-18(20,21)16-7-2-6-15(11-16)17(23)14-5-1-4-13(10-14)12-22-8-3-9-22/h1-2,4-7,10-11H,3,8-9,12H2. The van der Waals surface area contributed by atoms with Gasteiger partial charge >= 0.3 is 6.18 Å². The smallest absolute Gasteiger partial charge is 0.299 e. The first kappa shape index (κ1) is 15.7. The molecule has 0 radical (unpaired) electrons. The molecule has 1 fully saturated rings. The molecule has 5 heteroatoms. The van der Waals surface area contributed by atoms with Crippen molar-refractivity contribution in [1.29, 1.82) is 0 Å². The zero-order chi connectivity index (χ0) is 16.4. The average Bonchev–Trinajstić information content (AvgIpc) is 2.50. The summed E-state index contributed by atoms with van der Waals surface area (Å²) in [6.45, 7) is 2.86. The highest BCUT2D eigenvalue weighted by molar-refractivity contribution is 6.09. The lowest BCUT2D eigenvalue weighted by Gasteiger charge is -2.30. The van der Waals surface area contributed by atoms with Crippen molar-refractivity contribution < 1.29 is 18.0 Å². The van der Waals surface area contributed by atoms with Gasteiger partial charge in [0.1, 0.15) is 0 Å². The van der Waals surface area contributed by atoms with Crippen molar-refractivity contribution in [2.24, 2.45) is 0 Å². The minimum atomic E-state index is -4.45. The van der Waals surface area contributed by atoms with Crippen LogP contribution in [0.3, 0.4) is 0 Å². The molecule has 0 atom stereocenters. The maximum Gasteiger partial charge on any atom is 0.416 e. The van der Waals surface area contributed by atoms with Crippen LogP contribution >= 0.6 is 0 Å². The molecule has 23 heavy (non-hydrogen) atoms. The Labute approximate surface area is 132 Å². The quantitative estimate of drug-likeness (QED) is 0.789. The number of carbonyl (C=O) groups excluding carboxylic acids is 1. The van der Waals surface area contributed by atoms with Crippen LogP contribution in [-0.2, 0) is 12.7 Å². The van der Waals surface area contributed by atoms with Crippen LogP contribution in [0, 0.1) is 0 Å². The number of alkyl halides is 3. The zero-order valence-corrected chi connectivity index (χ0v) is 12.4. The largest absolute Gasteiger partial charge is 0.416 e. The molecule has 2 aromatic carbocycles. The Hall–Kier alpha value is -2.14. The van der Waals surface area contributed by atoms with E-state index in [9.17, 15) is 18.0 Å². The van der Waals surface area contributed by atoms with Gasteiger partial charge in [-0.25, -0.2) is 0 Å². The molecule has 0 aliphatic carbocycles. The molecular weight excluding hydrogens is 303 g/mol. The molecule has 1 aliphatic rings. The van der Waals surface area contributed by atoms with Crippen molar-refractivity contribution in [2.75, 3.05) is 13.1 Å². The van der Waals surface area contributed by atoms with Gasteiger partial charge in [-0.15, -0.1) is 0 Å². The number of carbonyl (C=O) groups is 1. The summed E-state index contributed by atoms with van der Waals surface area (Å²) in [5.41, 5.74) is 0.672. The van der Waals surface area contributed by atoms with Gasteiger partial charge < -0.3 is 0 Å². The lowest BCUT2D eigenvalue weighted by molar-refractivity contribution is -0.137. The van der Waals surface area contributed by atoms with Crippen LogP contribution in [0.4, 0.5) is 13.2 Å². The van der Waals surface area contributed by atoms with Gasteiger partial charge in [-0.1, -0.05) is 30.3 Å². The van der Waals surface area contributed by atoms with E-state index in [1.807, 2.05) is 6.07 Å². The van der Waals surface area contributed by atoms with E-state index in [2.05, 4.69) is 4.90 Å². The summed E-state index contributed by atoms with van der Waals surface area (Å²) in [4.78, 5) is 14.7. The second-order valence-corrected chi connectivity index (χ2v) is 5.74. The Morgan fingerprint density at radius 2 is 1.65 bits per heavy atom. The van der Waals surface area contributed by atoms with Gasteiger partial charge in [-0.05, 0) is 43.3 Å². The summed E-state index contributed by atoms with van der Waals surface area (Å²) in [5.74, 6) is -0.387. The molecular formula is C18H16F3NO.